The van der Waals surface area contributed by atoms with Crippen molar-refractivity contribution in [2.75, 3.05) is 12.3 Å². The fourth-order valence-electron chi connectivity index (χ4n) is 1.71. The van der Waals surface area contributed by atoms with Gasteiger partial charge in [-0.15, -0.1) is 0 Å². The number of aromatic amines is 1. The normalized spacial score (nSPS) is 11.6. The number of aromatic nitrogens is 4. The van der Waals surface area contributed by atoms with Crippen molar-refractivity contribution in [3.63, 3.8) is 0 Å². The summed E-state index contributed by atoms with van der Waals surface area (Å²) in [5, 5.41) is 6.47. The van der Waals surface area contributed by atoms with Crippen LogP contribution in [0.3, 0.4) is 0 Å². The van der Waals surface area contributed by atoms with Gasteiger partial charge in [0.05, 0.1) is 5.75 Å². The second kappa shape index (κ2) is 7.11. The van der Waals surface area contributed by atoms with E-state index in [1.54, 1.807) is 12.4 Å². The lowest BCUT2D eigenvalue weighted by Crippen LogP contribution is -2.28. The van der Waals surface area contributed by atoms with Crippen molar-refractivity contribution >= 4 is 10.0 Å². The first-order valence-corrected chi connectivity index (χ1v) is 8.01. The fraction of sp³-hybridized carbons (Fsp3) is 0.417. The van der Waals surface area contributed by atoms with E-state index in [0.29, 0.717) is 25.8 Å². The molecule has 2 rings (SSSR count). The lowest BCUT2D eigenvalue weighted by Gasteiger charge is -2.06. The molecule has 0 aliphatic carbocycles. The minimum Gasteiger partial charge on any atom is -0.265 e. The molecular formula is C12H17N5O2S. The molecule has 0 bridgehead atoms. The summed E-state index contributed by atoms with van der Waals surface area (Å²) in [6.45, 7) is 0.402. The van der Waals surface area contributed by atoms with E-state index >= 15 is 0 Å². The minimum atomic E-state index is -3.24. The molecule has 0 aliphatic rings. The molecule has 0 radical (unpaired) electrons. The summed E-state index contributed by atoms with van der Waals surface area (Å²) in [5.41, 5.74) is 0.965. The topological polar surface area (TPSA) is 101 Å². The Kier molecular flexibility index (Phi) is 5.19. The van der Waals surface area contributed by atoms with E-state index in [4.69, 9.17) is 0 Å². The number of rotatable bonds is 8. The highest BCUT2D eigenvalue weighted by atomic mass is 32.2. The van der Waals surface area contributed by atoms with Crippen molar-refractivity contribution in [1.82, 2.24) is 24.9 Å². The molecular weight excluding hydrogens is 278 g/mol. The van der Waals surface area contributed by atoms with Crippen LogP contribution in [-0.2, 0) is 22.9 Å². The van der Waals surface area contributed by atoms with Crippen LogP contribution < -0.4 is 4.72 Å². The summed E-state index contributed by atoms with van der Waals surface area (Å²) >= 11 is 0. The summed E-state index contributed by atoms with van der Waals surface area (Å²) in [4.78, 5) is 7.87. The molecule has 2 aromatic rings. The van der Waals surface area contributed by atoms with Crippen molar-refractivity contribution in [2.24, 2.45) is 0 Å². The highest BCUT2D eigenvalue weighted by Crippen LogP contribution is 2.00. The van der Waals surface area contributed by atoms with Gasteiger partial charge in [0.2, 0.25) is 10.0 Å². The zero-order valence-electron chi connectivity index (χ0n) is 11.0. The zero-order chi connectivity index (χ0) is 14.3. The van der Waals surface area contributed by atoms with E-state index in [9.17, 15) is 8.42 Å². The number of nitrogens with zero attached hydrogens (tertiary/aromatic N) is 3. The van der Waals surface area contributed by atoms with Gasteiger partial charge >= 0.3 is 0 Å². The Balaban J connectivity index is 1.68. The number of H-pyrrole nitrogens is 1. The quantitative estimate of drug-likeness (QED) is 0.682. The average Bonchev–Trinajstić information content (AvgIpc) is 2.96. The van der Waals surface area contributed by atoms with E-state index in [1.165, 1.54) is 6.33 Å². The molecule has 0 amide bonds. The Morgan fingerprint density at radius 1 is 1.20 bits per heavy atom. The van der Waals surface area contributed by atoms with Crippen LogP contribution in [-0.4, -0.2) is 40.9 Å². The molecule has 2 aromatic heterocycles. The van der Waals surface area contributed by atoms with Gasteiger partial charge in [-0.1, -0.05) is 0 Å². The fourth-order valence-corrected chi connectivity index (χ4v) is 2.81. The van der Waals surface area contributed by atoms with Crippen LogP contribution in [0.2, 0.25) is 0 Å². The summed E-state index contributed by atoms with van der Waals surface area (Å²) in [7, 11) is -3.24. The second-order valence-corrected chi connectivity index (χ2v) is 6.28. The van der Waals surface area contributed by atoms with Gasteiger partial charge in [-0.2, -0.15) is 5.10 Å². The van der Waals surface area contributed by atoms with E-state index in [1.807, 2.05) is 12.1 Å². The number of pyridine rings is 1. The lowest BCUT2D eigenvalue weighted by atomic mass is 10.2. The SMILES string of the molecule is O=S(=O)(CCc1ccncc1)NCCCc1ncn[nH]1. The average molecular weight is 295 g/mol. The number of hydrogen-bond donors (Lipinski definition) is 2. The van der Waals surface area contributed by atoms with Gasteiger partial charge in [0.1, 0.15) is 12.2 Å². The number of sulfonamides is 1. The van der Waals surface area contributed by atoms with E-state index < -0.39 is 10.0 Å². The van der Waals surface area contributed by atoms with Crippen molar-refractivity contribution in [3.8, 4) is 0 Å². The maximum absolute atomic E-state index is 11.8. The van der Waals surface area contributed by atoms with Crippen molar-refractivity contribution < 1.29 is 8.42 Å². The zero-order valence-corrected chi connectivity index (χ0v) is 11.8. The minimum absolute atomic E-state index is 0.0827. The summed E-state index contributed by atoms with van der Waals surface area (Å²) in [6, 6.07) is 3.64. The molecule has 0 atom stereocenters. The molecule has 0 spiro atoms. The second-order valence-electron chi connectivity index (χ2n) is 4.35. The third kappa shape index (κ3) is 5.06. The molecule has 2 N–H and O–H groups in total. The van der Waals surface area contributed by atoms with Crippen LogP contribution in [0.5, 0.6) is 0 Å². The first-order chi connectivity index (χ1) is 9.66. The third-order valence-electron chi connectivity index (χ3n) is 2.79. The van der Waals surface area contributed by atoms with Gasteiger partial charge in [0, 0.05) is 25.4 Å². The first kappa shape index (κ1) is 14.6. The summed E-state index contributed by atoms with van der Waals surface area (Å²) < 4.78 is 26.2. The van der Waals surface area contributed by atoms with Gasteiger partial charge in [-0.25, -0.2) is 18.1 Å². The molecule has 0 aromatic carbocycles. The maximum atomic E-state index is 11.8. The van der Waals surface area contributed by atoms with Crippen molar-refractivity contribution in [1.29, 1.82) is 0 Å². The Morgan fingerprint density at radius 2 is 2.00 bits per heavy atom. The molecule has 0 unspecified atom stereocenters. The largest absolute Gasteiger partial charge is 0.265 e. The predicted molar refractivity (Wildman–Crippen MR) is 74.4 cm³/mol. The van der Waals surface area contributed by atoms with Gasteiger partial charge in [0.15, 0.2) is 0 Å². The summed E-state index contributed by atoms with van der Waals surface area (Å²) in [6.07, 6.45) is 6.60. The Morgan fingerprint density at radius 3 is 2.70 bits per heavy atom. The Hall–Kier alpha value is -1.80. The van der Waals surface area contributed by atoms with Crippen LogP contribution in [0.25, 0.3) is 0 Å². The van der Waals surface area contributed by atoms with Gasteiger partial charge in [-0.3, -0.25) is 10.1 Å². The molecule has 0 fully saturated rings. The first-order valence-electron chi connectivity index (χ1n) is 6.36. The Bertz CT molecular complexity index is 598. The van der Waals surface area contributed by atoms with Crippen LogP contribution in [0, 0.1) is 0 Å². The highest BCUT2D eigenvalue weighted by molar-refractivity contribution is 7.89. The van der Waals surface area contributed by atoms with Gasteiger partial charge < -0.3 is 0 Å². The van der Waals surface area contributed by atoms with Gasteiger partial charge in [0.25, 0.3) is 0 Å². The van der Waals surface area contributed by atoms with Crippen LogP contribution >= 0.6 is 0 Å². The molecule has 0 aliphatic heterocycles. The highest BCUT2D eigenvalue weighted by Gasteiger charge is 2.09. The lowest BCUT2D eigenvalue weighted by molar-refractivity contribution is 0.577. The van der Waals surface area contributed by atoms with Crippen LogP contribution in [0.4, 0.5) is 0 Å². The van der Waals surface area contributed by atoms with Crippen molar-refractivity contribution in [2.45, 2.75) is 19.3 Å². The smallest absolute Gasteiger partial charge is 0.211 e. The number of hydrogen-bond acceptors (Lipinski definition) is 5. The van der Waals surface area contributed by atoms with Crippen LogP contribution in [0.15, 0.2) is 30.9 Å². The molecule has 20 heavy (non-hydrogen) atoms. The molecule has 0 saturated carbocycles. The standard InChI is InChI=1S/C12H17N5O2S/c18-20(19,9-5-11-3-7-13-8-4-11)16-6-1-2-12-14-10-15-17-12/h3-4,7-8,10,16H,1-2,5-6,9H2,(H,14,15,17). The van der Waals surface area contributed by atoms with E-state index in [2.05, 4.69) is 24.9 Å². The number of nitrogens with one attached hydrogen (secondary N) is 2. The number of aryl methyl sites for hydroxylation is 2. The third-order valence-corrected chi connectivity index (χ3v) is 4.17. The van der Waals surface area contributed by atoms with Crippen molar-refractivity contribution in [3.05, 3.63) is 42.2 Å². The van der Waals surface area contributed by atoms with E-state index in [-0.39, 0.29) is 5.75 Å². The predicted octanol–water partition coefficient (Wildman–Crippen LogP) is 0.294. The van der Waals surface area contributed by atoms with E-state index in [0.717, 1.165) is 11.4 Å². The molecule has 7 nitrogen and oxygen atoms in total. The molecule has 8 heteroatoms. The molecule has 108 valence electrons. The monoisotopic (exact) mass is 295 g/mol. The summed E-state index contributed by atoms with van der Waals surface area (Å²) in [5.74, 6) is 0.847. The van der Waals surface area contributed by atoms with Gasteiger partial charge in [-0.05, 0) is 30.5 Å². The Labute approximate surface area is 117 Å². The molecule has 2 heterocycles. The molecule has 0 saturated heterocycles. The van der Waals surface area contributed by atoms with Crippen LogP contribution in [0.1, 0.15) is 17.8 Å². The maximum Gasteiger partial charge on any atom is 0.211 e.